The number of piperidine rings is 1. The smallest absolute Gasteiger partial charge is 0.220 e. The van der Waals surface area contributed by atoms with Crippen LogP contribution in [0.5, 0.6) is 11.5 Å². The van der Waals surface area contributed by atoms with Crippen molar-refractivity contribution in [3.8, 4) is 11.5 Å². The van der Waals surface area contributed by atoms with Crippen LogP contribution in [-0.2, 0) is 0 Å². The zero-order valence-corrected chi connectivity index (χ0v) is 18.7. The first kappa shape index (κ1) is 21.7. The van der Waals surface area contributed by atoms with E-state index in [-0.39, 0.29) is 5.96 Å². The summed E-state index contributed by atoms with van der Waals surface area (Å²) in [7, 11) is 1.67. The minimum Gasteiger partial charge on any atom is -0.493 e. The van der Waals surface area contributed by atoms with Crippen molar-refractivity contribution in [1.82, 2.24) is 4.90 Å². The van der Waals surface area contributed by atoms with Crippen LogP contribution >= 0.6 is 0 Å². The fourth-order valence-electron chi connectivity index (χ4n) is 5.06. The monoisotopic (exact) mass is 428 g/mol. The molecule has 4 rings (SSSR count). The van der Waals surface area contributed by atoms with Gasteiger partial charge in [-0.05, 0) is 70.2 Å². The fourth-order valence-corrected chi connectivity index (χ4v) is 5.06. The molecule has 4 N–H and O–H groups in total. The molecule has 2 aliphatic heterocycles. The number of anilines is 1. The number of nitrogens with zero attached hydrogens (tertiary/aromatic N) is 4. The van der Waals surface area contributed by atoms with E-state index in [4.69, 9.17) is 25.9 Å². The van der Waals surface area contributed by atoms with E-state index < -0.39 is 5.66 Å². The Hall–Kier alpha value is -2.48. The molecule has 8 nitrogen and oxygen atoms in total. The van der Waals surface area contributed by atoms with E-state index in [9.17, 15) is 0 Å². The average Bonchev–Trinajstić information content (AvgIpc) is 2.78. The Balaban J connectivity index is 1.46. The molecule has 8 heteroatoms. The number of hydrogen-bond donors (Lipinski definition) is 2. The minimum atomic E-state index is -0.462. The lowest BCUT2D eigenvalue weighted by Crippen LogP contribution is -2.58. The van der Waals surface area contributed by atoms with Crippen molar-refractivity contribution < 1.29 is 9.47 Å². The third-order valence-corrected chi connectivity index (χ3v) is 6.58. The summed E-state index contributed by atoms with van der Waals surface area (Å²) >= 11 is 0. The van der Waals surface area contributed by atoms with Gasteiger partial charge < -0.3 is 25.8 Å². The van der Waals surface area contributed by atoms with Crippen LogP contribution in [0, 0.1) is 0 Å². The van der Waals surface area contributed by atoms with Crippen molar-refractivity contribution in [3.05, 3.63) is 18.2 Å². The Kier molecular flexibility index (Phi) is 6.85. The van der Waals surface area contributed by atoms with E-state index in [0.717, 1.165) is 50.1 Å². The van der Waals surface area contributed by atoms with E-state index in [1.165, 1.54) is 38.8 Å². The molecule has 0 aromatic heterocycles. The van der Waals surface area contributed by atoms with Crippen LogP contribution in [-0.4, -0.2) is 55.8 Å². The first-order valence-corrected chi connectivity index (χ1v) is 11.6. The molecule has 1 aromatic carbocycles. The molecule has 0 amide bonds. The quantitative estimate of drug-likeness (QED) is 0.647. The highest BCUT2D eigenvalue weighted by Gasteiger charge is 2.42. The van der Waals surface area contributed by atoms with Gasteiger partial charge in [0.25, 0.3) is 0 Å². The van der Waals surface area contributed by atoms with Crippen LogP contribution in [0.2, 0.25) is 0 Å². The number of hydrogen-bond acceptors (Lipinski definition) is 8. The molecule has 1 aromatic rings. The first-order valence-electron chi connectivity index (χ1n) is 11.6. The third kappa shape index (κ3) is 4.89. The van der Waals surface area contributed by atoms with Gasteiger partial charge in [-0.25, -0.2) is 4.99 Å². The van der Waals surface area contributed by atoms with Crippen molar-refractivity contribution in [1.29, 1.82) is 0 Å². The number of nitrogens with two attached hydrogens (primary N) is 2. The summed E-state index contributed by atoms with van der Waals surface area (Å²) in [5, 5.41) is 0. The van der Waals surface area contributed by atoms with Gasteiger partial charge in [0.05, 0.1) is 19.4 Å². The number of rotatable bonds is 7. The lowest BCUT2D eigenvalue weighted by molar-refractivity contribution is 0.203. The van der Waals surface area contributed by atoms with Gasteiger partial charge >= 0.3 is 0 Å². The molecule has 170 valence electrons. The fraction of sp³-hybridized carbons (Fsp3) is 0.652. The zero-order valence-electron chi connectivity index (χ0n) is 18.7. The van der Waals surface area contributed by atoms with Gasteiger partial charge in [-0.2, -0.15) is 4.99 Å². The van der Waals surface area contributed by atoms with E-state index >= 15 is 0 Å². The van der Waals surface area contributed by atoms with Gasteiger partial charge in [-0.1, -0.05) is 12.8 Å². The Labute approximate surface area is 185 Å². The minimum absolute atomic E-state index is 0.260. The van der Waals surface area contributed by atoms with Crippen LogP contribution in [0.3, 0.4) is 0 Å². The number of ether oxygens (including phenoxy) is 2. The van der Waals surface area contributed by atoms with Crippen molar-refractivity contribution in [2.75, 3.05) is 38.3 Å². The molecule has 2 heterocycles. The van der Waals surface area contributed by atoms with Crippen molar-refractivity contribution in [3.63, 3.8) is 0 Å². The average molecular weight is 429 g/mol. The standard InChI is InChI=1S/C23H36N6O2/c1-30-20-17-18(9-10-19(20)31-16-8-15-28-13-6-3-7-14-28)29-22(25)26-21(24)27-23(29)11-4-2-5-12-23/h9-10,17H,2-8,11-16H2,1H3,(H4,24,25,26,27). The maximum atomic E-state index is 6.34. The molecule has 0 bridgehead atoms. The Bertz CT molecular complexity index is 812. The van der Waals surface area contributed by atoms with Crippen molar-refractivity contribution in [2.45, 2.75) is 63.5 Å². The van der Waals surface area contributed by atoms with Gasteiger partial charge in [0.2, 0.25) is 11.9 Å². The summed E-state index contributed by atoms with van der Waals surface area (Å²) in [5.74, 6) is 2.08. The maximum absolute atomic E-state index is 6.34. The summed E-state index contributed by atoms with van der Waals surface area (Å²) < 4.78 is 11.7. The molecule has 2 fully saturated rings. The third-order valence-electron chi connectivity index (χ3n) is 6.58. The van der Waals surface area contributed by atoms with Crippen LogP contribution in [0.4, 0.5) is 5.69 Å². The molecule has 0 radical (unpaired) electrons. The molecule has 1 aliphatic carbocycles. The highest BCUT2D eigenvalue weighted by molar-refractivity contribution is 6.05. The van der Waals surface area contributed by atoms with E-state index in [0.29, 0.717) is 18.3 Å². The highest BCUT2D eigenvalue weighted by atomic mass is 16.5. The second-order valence-electron chi connectivity index (χ2n) is 8.76. The van der Waals surface area contributed by atoms with Gasteiger partial charge in [-0.3, -0.25) is 4.90 Å². The molecule has 0 unspecified atom stereocenters. The molecule has 1 saturated heterocycles. The van der Waals surface area contributed by atoms with Crippen LogP contribution in [0.15, 0.2) is 28.2 Å². The topological polar surface area (TPSA) is 102 Å². The molecule has 3 aliphatic rings. The predicted molar refractivity (Wildman–Crippen MR) is 125 cm³/mol. The van der Waals surface area contributed by atoms with Crippen LogP contribution in [0.1, 0.15) is 57.8 Å². The maximum Gasteiger partial charge on any atom is 0.220 e. The number of likely N-dealkylation sites (tertiary alicyclic amines) is 1. The predicted octanol–water partition coefficient (Wildman–Crippen LogP) is 3.06. The van der Waals surface area contributed by atoms with Crippen LogP contribution in [0.25, 0.3) is 0 Å². The van der Waals surface area contributed by atoms with Gasteiger partial charge in [0, 0.05) is 12.6 Å². The molecular formula is C23H36N6O2. The number of methoxy groups -OCH3 is 1. The van der Waals surface area contributed by atoms with E-state index in [1.54, 1.807) is 7.11 Å². The van der Waals surface area contributed by atoms with Gasteiger partial charge in [-0.15, -0.1) is 0 Å². The second-order valence-corrected chi connectivity index (χ2v) is 8.76. The normalized spacial score (nSPS) is 21.5. The summed E-state index contributed by atoms with van der Waals surface area (Å²) in [4.78, 5) is 13.5. The summed E-state index contributed by atoms with van der Waals surface area (Å²) in [5.41, 5.74) is 12.8. The first-order chi connectivity index (χ1) is 15.1. The molecule has 1 saturated carbocycles. The molecule has 0 atom stereocenters. The summed E-state index contributed by atoms with van der Waals surface area (Å²) in [6.45, 7) is 4.19. The zero-order chi connectivity index (χ0) is 21.7. The Morgan fingerprint density at radius 1 is 1.00 bits per heavy atom. The lowest BCUT2D eigenvalue weighted by Gasteiger charge is -2.45. The summed E-state index contributed by atoms with van der Waals surface area (Å²) in [6.07, 6.45) is 10.2. The van der Waals surface area contributed by atoms with Crippen LogP contribution < -0.4 is 25.8 Å². The lowest BCUT2D eigenvalue weighted by atomic mass is 9.87. The molecule has 1 spiro atoms. The largest absolute Gasteiger partial charge is 0.493 e. The molecular weight excluding hydrogens is 392 g/mol. The van der Waals surface area contributed by atoms with E-state index in [1.807, 2.05) is 23.1 Å². The SMILES string of the molecule is COc1cc(N2C(N)=NC(N)=NC23CCCCC3)ccc1OCCCN1CCCCC1. The van der Waals surface area contributed by atoms with Gasteiger partial charge in [0.1, 0.15) is 5.66 Å². The Morgan fingerprint density at radius 2 is 1.74 bits per heavy atom. The van der Waals surface area contributed by atoms with Crippen molar-refractivity contribution >= 4 is 17.6 Å². The number of guanidine groups is 2. The van der Waals surface area contributed by atoms with E-state index in [2.05, 4.69) is 9.89 Å². The second kappa shape index (κ2) is 9.77. The number of benzene rings is 1. The molecule has 31 heavy (non-hydrogen) atoms. The highest BCUT2D eigenvalue weighted by Crippen LogP contribution is 2.41. The summed E-state index contributed by atoms with van der Waals surface area (Å²) in [6, 6.07) is 5.94. The van der Waals surface area contributed by atoms with Crippen molar-refractivity contribution in [2.24, 2.45) is 21.5 Å². The number of aliphatic imine (C=N–C) groups is 2. The van der Waals surface area contributed by atoms with Gasteiger partial charge in [0.15, 0.2) is 11.5 Å². The Morgan fingerprint density at radius 3 is 2.48 bits per heavy atom.